The number of halogens is 4. The second-order valence-electron chi connectivity index (χ2n) is 1.81. The van der Waals surface area contributed by atoms with E-state index in [0.717, 1.165) is 0 Å². The van der Waals surface area contributed by atoms with E-state index in [1.54, 1.807) is 0 Å². The van der Waals surface area contributed by atoms with Crippen LogP contribution in [0.25, 0.3) is 0 Å². The van der Waals surface area contributed by atoms with E-state index < -0.39 is 0 Å². The number of piperidine rings is 1. The molecule has 0 spiro atoms. The van der Waals surface area contributed by atoms with Crippen LogP contribution in [0, 0.1) is 0 Å². The molecule has 0 amide bonds. The minimum Gasteiger partial charge on any atom is -1.00 e. The van der Waals surface area contributed by atoms with E-state index in [1.807, 2.05) is 0 Å². The summed E-state index contributed by atoms with van der Waals surface area (Å²) in [7, 11) is 0. The summed E-state index contributed by atoms with van der Waals surface area (Å²) in [6.07, 6.45) is 4.22. The third kappa shape index (κ3) is 18.7. The zero-order valence-electron chi connectivity index (χ0n) is 6.85. The fourth-order valence-corrected chi connectivity index (χ4v) is 0.802. The van der Waals surface area contributed by atoms with E-state index in [-0.39, 0.29) is 73.4 Å². The van der Waals surface area contributed by atoms with Crippen molar-refractivity contribution < 1.29 is 73.4 Å². The molecule has 0 aromatic heterocycles. The Morgan fingerprint density at radius 3 is 1.18 bits per heavy atom. The van der Waals surface area contributed by atoms with Crippen molar-refractivity contribution in [3.8, 4) is 0 Å². The molecule has 11 heavy (non-hydrogen) atoms. The van der Waals surface area contributed by atoms with E-state index >= 15 is 0 Å². The molecule has 1 saturated heterocycles. The zero-order valence-corrected chi connectivity index (χ0v) is 11.0. The summed E-state index contributed by atoms with van der Waals surface area (Å²) < 4.78 is 0. The van der Waals surface area contributed by atoms with Crippen LogP contribution in [0.2, 0.25) is 0 Å². The van der Waals surface area contributed by atoms with Crippen LogP contribution in [0.3, 0.4) is 0 Å². The molecule has 1 aliphatic rings. The van der Waals surface area contributed by atoms with Crippen LogP contribution in [0.15, 0.2) is 0 Å². The number of nitrogens with one attached hydrogen (secondary N) is 1. The molecule has 0 aromatic carbocycles. The van der Waals surface area contributed by atoms with Gasteiger partial charge in [0, 0.05) is 0 Å². The molecule has 0 unspecified atom stereocenters. The third-order valence-electron chi connectivity index (χ3n) is 1.21. The van der Waals surface area contributed by atoms with Crippen LogP contribution in [0.4, 0.5) is 0 Å². The molecular weight excluding hydrogens is 413 g/mol. The molecule has 76 valence electrons. The van der Waals surface area contributed by atoms with Crippen molar-refractivity contribution in [3.05, 3.63) is 0 Å². The Morgan fingerprint density at radius 1 is 0.727 bits per heavy atom. The molecule has 0 bridgehead atoms. The smallest absolute Gasteiger partial charge is 1.00 e. The normalized spacial score (nSPS) is 13.1. The van der Waals surface area contributed by atoms with E-state index in [4.69, 9.17) is 0 Å². The van der Waals surface area contributed by atoms with Crippen molar-refractivity contribution in [1.82, 2.24) is 5.32 Å². The fourth-order valence-electron chi connectivity index (χ4n) is 0.802. The van der Waals surface area contributed by atoms with Crippen molar-refractivity contribution in [2.24, 2.45) is 0 Å². The molecule has 1 heterocycles. The molecule has 1 N–H and O–H groups in total. The second-order valence-corrected chi connectivity index (χ2v) is 1.81. The maximum absolute atomic E-state index is 3.28. The van der Waals surface area contributed by atoms with Crippen LogP contribution in [0.5, 0.6) is 0 Å². The van der Waals surface area contributed by atoms with Gasteiger partial charge in [0.25, 0.3) is 0 Å². The summed E-state index contributed by atoms with van der Waals surface area (Å²) >= 11 is 0. The average molecular weight is 425 g/mol. The first-order valence-electron chi connectivity index (χ1n) is 2.71. The molecule has 0 aromatic rings. The van der Waals surface area contributed by atoms with Crippen LogP contribution in [-0.2, 0) is 22.4 Å². The minimum absolute atomic E-state index is 0. The van der Waals surface area contributed by atoms with Gasteiger partial charge in [-0.1, -0.05) is 6.42 Å². The number of hydrogen-bond donors (Lipinski definition) is 1. The Hall–Kier alpha value is 1.86. The molecule has 0 saturated carbocycles. The van der Waals surface area contributed by atoms with Crippen LogP contribution in [0.1, 0.15) is 20.7 Å². The summed E-state index contributed by atoms with van der Waals surface area (Å²) in [5.41, 5.74) is 0. The SMILES string of the molecule is C1CCNCC1.[Au+3].[Cl-].[Cl-].[Cl-].[Cl-].[H+]. The monoisotopic (exact) mass is 423 g/mol. The van der Waals surface area contributed by atoms with Crippen molar-refractivity contribution in [2.75, 3.05) is 13.1 Å². The first kappa shape index (κ1) is 29.3. The summed E-state index contributed by atoms with van der Waals surface area (Å²) in [5.74, 6) is 0. The molecule has 1 nitrogen and oxygen atoms in total. The topological polar surface area (TPSA) is 12.0 Å². The standard InChI is InChI=1S/C5H11N.Au.4ClH/c1-2-4-6-5-3-1;;;;;/h6H,1-5H2;;4*1H/q;+3;;;;/p-3. The molecule has 0 atom stereocenters. The molecule has 1 fully saturated rings. The van der Waals surface area contributed by atoms with Gasteiger partial charge in [-0.15, -0.1) is 0 Å². The first-order chi connectivity index (χ1) is 3.00. The van der Waals surface area contributed by atoms with Crippen molar-refractivity contribution >= 4 is 0 Å². The van der Waals surface area contributed by atoms with Gasteiger partial charge in [0.15, 0.2) is 0 Å². The van der Waals surface area contributed by atoms with E-state index in [2.05, 4.69) is 5.32 Å². The molecule has 0 radical (unpaired) electrons. The van der Waals surface area contributed by atoms with Gasteiger partial charge in [-0.25, -0.2) is 0 Å². The van der Waals surface area contributed by atoms with Crippen molar-refractivity contribution in [2.45, 2.75) is 19.3 Å². The second kappa shape index (κ2) is 22.6. The van der Waals surface area contributed by atoms with Gasteiger partial charge >= 0.3 is 23.8 Å². The quantitative estimate of drug-likeness (QED) is 0.381. The van der Waals surface area contributed by atoms with Crippen LogP contribution >= 0.6 is 0 Å². The van der Waals surface area contributed by atoms with Gasteiger partial charge in [-0.3, -0.25) is 0 Å². The molecular formula is C5H12AuCl4N. The Bertz CT molecular complexity index is 38.9. The number of hydrogen-bond acceptors (Lipinski definition) is 1. The number of rotatable bonds is 0. The summed E-state index contributed by atoms with van der Waals surface area (Å²) in [6, 6.07) is 0. The maximum Gasteiger partial charge on any atom is 3.00 e. The molecule has 0 aliphatic carbocycles. The minimum atomic E-state index is 0. The van der Waals surface area contributed by atoms with Gasteiger partial charge in [0.1, 0.15) is 0 Å². The van der Waals surface area contributed by atoms with Crippen LogP contribution in [-0.4, -0.2) is 13.1 Å². The largest absolute Gasteiger partial charge is 3.00 e. The summed E-state index contributed by atoms with van der Waals surface area (Å²) in [6.45, 7) is 2.50. The zero-order chi connectivity index (χ0) is 4.24. The predicted octanol–water partition coefficient (Wildman–Crippen LogP) is -11.1. The van der Waals surface area contributed by atoms with E-state index in [0.29, 0.717) is 0 Å². The van der Waals surface area contributed by atoms with Gasteiger partial charge in [0.05, 0.1) is 0 Å². The summed E-state index contributed by atoms with van der Waals surface area (Å²) in [4.78, 5) is 0. The Kier molecular flexibility index (Phi) is 60.3. The van der Waals surface area contributed by atoms with E-state index in [1.165, 1.54) is 32.4 Å². The molecule has 1 rings (SSSR count). The van der Waals surface area contributed by atoms with E-state index in [9.17, 15) is 0 Å². The summed E-state index contributed by atoms with van der Waals surface area (Å²) in [5, 5.41) is 3.28. The Balaban J connectivity index is -0.0000000150. The third-order valence-corrected chi connectivity index (χ3v) is 1.21. The first-order valence-corrected chi connectivity index (χ1v) is 2.71. The van der Waals surface area contributed by atoms with Crippen LogP contribution < -0.4 is 54.9 Å². The van der Waals surface area contributed by atoms with Gasteiger partial charge in [0.2, 0.25) is 0 Å². The average Bonchev–Trinajstić information content (AvgIpc) is 1.72. The Morgan fingerprint density at radius 2 is 1.09 bits per heavy atom. The van der Waals surface area contributed by atoms with Gasteiger partial charge in [-0.05, 0) is 25.9 Å². The fraction of sp³-hybridized carbons (Fsp3) is 1.00. The van der Waals surface area contributed by atoms with Crippen molar-refractivity contribution in [1.29, 1.82) is 0 Å². The van der Waals surface area contributed by atoms with Gasteiger partial charge < -0.3 is 54.9 Å². The molecule has 6 heteroatoms. The molecule has 1 aliphatic heterocycles. The predicted molar refractivity (Wildman–Crippen MR) is 27.8 cm³/mol. The van der Waals surface area contributed by atoms with Crippen molar-refractivity contribution in [3.63, 3.8) is 0 Å². The maximum atomic E-state index is 3.28. The van der Waals surface area contributed by atoms with Gasteiger partial charge in [-0.2, -0.15) is 0 Å². The Labute approximate surface area is 110 Å².